The second kappa shape index (κ2) is 5.02. The Bertz CT molecular complexity index is 377. The molecule has 0 aromatic carbocycles. The third kappa shape index (κ3) is 2.69. The van der Waals surface area contributed by atoms with Crippen molar-refractivity contribution in [3.63, 3.8) is 0 Å². The van der Waals surface area contributed by atoms with E-state index in [-0.39, 0.29) is 11.6 Å². The first-order valence-electron chi connectivity index (χ1n) is 7.21. The average molecular weight is 268 g/mol. The normalized spacial score (nSPS) is 30.1. The van der Waals surface area contributed by atoms with Crippen molar-refractivity contribution >= 4 is 12.0 Å². The number of amides is 2. The number of rotatable bonds is 2. The van der Waals surface area contributed by atoms with Gasteiger partial charge in [-0.05, 0) is 39.5 Å². The summed E-state index contributed by atoms with van der Waals surface area (Å²) in [6.07, 6.45) is 6.74. The molecular weight excluding hydrogens is 244 g/mol. The molecular formula is C14H24N2O3. The van der Waals surface area contributed by atoms with Gasteiger partial charge >= 0.3 is 12.0 Å². The number of hydrogen-bond acceptors (Lipinski definition) is 2. The highest BCUT2D eigenvalue weighted by molar-refractivity contribution is 5.86. The lowest BCUT2D eigenvalue weighted by Crippen LogP contribution is -2.58. The molecule has 108 valence electrons. The van der Waals surface area contributed by atoms with Crippen molar-refractivity contribution in [1.29, 1.82) is 0 Å². The Kier molecular flexibility index (Phi) is 3.74. The molecule has 0 bridgehead atoms. The van der Waals surface area contributed by atoms with Crippen molar-refractivity contribution in [2.45, 2.75) is 69.9 Å². The number of nitrogens with zero attached hydrogens (tertiary/aromatic N) is 1. The molecule has 1 unspecified atom stereocenters. The van der Waals surface area contributed by atoms with Crippen LogP contribution >= 0.6 is 0 Å². The van der Waals surface area contributed by atoms with Crippen LogP contribution in [0.2, 0.25) is 0 Å². The van der Waals surface area contributed by atoms with Gasteiger partial charge in [0, 0.05) is 12.1 Å². The van der Waals surface area contributed by atoms with Crippen molar-refractivity contribution in [2.75, 3.05) is 6.54 Å². The first-order valence-corrected chi connectivity index (χ1v) is 7.21. The number of urea groups is 1. The summed E-state index contributed by atoms with van der Waals surface area (Å²) in [5.41, 5.74) is -1.22. The standard InChI is InChI=1S/C14H24N2O3/c1-13(7-4-3-5-8-13)15-12(19)16-10-6-9-14(16,2)11(17)18/h3-10H2,1-2H3,(H,15,19)(H,17,18). The van der Waals surface area contributed by atoms with E-state index in [9.17, 15) is 14.7 Å². The third-order valence-electron chi connectivity index (χ3n) is 4.71. The summed E-state index contributed by atoms with van der Waals surface area (Å²) in [5, 5.41) is 12.4. The van der Waals surface area contributed by atoms with Crippen molar-refractivity contribution in [3.8, 4) is 0 Å². The molecule has 2 amide bonds. The van der Waals surface area contributed by atoms with Crippen LogP contribution in [-0.2, 0) is 4.79 Å². The first kappa shape index (κ1) is 14.2. The van der Waals surface area contributed by atoms with Gasteiger partial charge in [-0.3, -0.25) is 0 Å². The van der Waals surface area contributed by atoms with Crippen LogP contribution in [0.25, 0.3) is 0 Å². The minimum absolute atomic E-state index is 0.169. The van der Waals surface area contributed by atoms with Crippen LogP contribution in [0.1, 0.15) is 58.8 Å². The summed E-state index contributed by atoms with van der Waals surface area (Å²) in [4.78, 5) is 25.3. The molecule has 2 rings (SSSR count). The fourth-order valence-electron chi connectivity index (χ4n) is 3.29. The minimum Gasteiger partial charge on any atom is -0.480 e. The van der Waals surface area contributed by atoms with Crippen LogP contribution in [0.4, 0.5) is 4.79 Å². The van der Waals surface area contributed by atoms with Gasteiger partial charge in [0.05, 0.1) is 0 Å². The van der Waals surface area contributed by atoms with Gasteiger partial charge in [0.1, 0.15) is 5.54 Å². The summed E-state index contributed by atoms with van der Waals surface area (Å²) >= 11 is 0. The molecule has 1 saturated heterocycles. The highest BCUT2D eigenvalue weighted by Crippen LogP contribution is 2.32. The molecule has 0 aromatic heterocycles. The van der Waals surface area contributed by atoms with Crippen LogP contribution in [0.5, 0.6) is 0 Å². The van der Waals surface area contributed by atoms with Gasteiger partial charge in [0.15, 0.2) is 0 Å². The predicted octanol–water partition coefficient (Wildman–Crippen LogP) is 2.36. The molecule has 2 fully saturated rings. The predicted molar refractivity (Wildman–Crippen MR) is 72.0 cm³/mol. The molecule has 19 heavy (non-hydrogen) atoms. The molecule has 5 nitrogen and oxygen atoms in total. The third-order valence-corrected chi connectivity index (χ3v) is 4.71. The fourth-order valence-corrected chi connectivity index (χ4v) is 3.29. The molecule has 2 aliphatic rings. The van der Waals surface area contributed by atoms with Gasteiger partial charge in [-0.15, -0.1) is 0 Å². The van der Waals surface area contributed by atoms with Crippen molar-refractivity contribution in [3.05, 3.63) is 0 Å². The van der Waals surface area contributed by atoms with Crippen molar-refractivity contribution < 1.29 is 14.7 Å². The zero-order valence-corrected chi connectivity index (χ0v) is 11.9. The van der Waals surface area contributed by atoms with E-state index in [1.54, 1.807) is 6.92 Å². The molecule has 0 radical (unpaired) electrons. The van der Waals surface area contributed by atoms with E-state index >= 15 is 0 Å². The lowest BCUT2D eigenvalue weighted by molar-refractivity contribution is -0.147. The Labute approximate surface area is 114 Å². The molecule has 1 aliphatic carbocycles. The van der Waals surface area contributed by atoms with Crippen LogP contribution in [-0.4, -0.2) is 39.6 Å². The second-order valence-electron chi connectivity index (χ2n) is 6.39. The smallest absolute Gasteiger partial charge is 0.329 e. The molecule has 0 spiro atoms. The Hall–Kier alpha value is -1.26. The summed E-state index contributed by atoms with van der Waals surface area (Å²) in [5.74, 6) is -0.908. The number of hydrogen-bond donors (Lipinski definition) is 2. The monoisotopic (exact) mass is 268 g/mol. The number of likely N-dealkylation sites (tertiary alicyclic amines) is 1. The zero-order chi connectivity index (χ0) is 14.1. The lowest BCUT2D eigenvalue weighted by Gasteiger charge is -2.38. The van der Waals surface area contributed by atoms with E-state index in [2.05, 4.69) is 12.2 Å². The Morgan fingerprint density at radius 1 is 1.05 bits per heavy atom. The molecule has 5 heteroatoms. The quantitative estimate of drug-likeness (QED) is 0.807. The molecule has 2 N–H and O–H groups in total. The van der Waals surface area contributed by atoms with Crippen molar-refractivity contribution in [1.82, 2.24) is 10.2 Å². The Morgan fingerprint density at radius 2 is 1.68 bits per heavy atom. The van der Waals surface area contributed by atoms with Crippen LogP contribution in [0.3, 0.4) is 0 Å². The number of carbonyl (C=O) groups is 2. The molecule has 1 saturated carbocycles. The number of carboxylic acids is 1. The maximum absolute atomic E-state index is 12.4. The van der Waals surface area contributed by atoms with Gasteiger partial charge in [-0.25, -0.2) is 9.59 Å². The summed E-state index contributed by atoms with van der Waals surface area (Å²) < 4.78 is 0. The fraction of sp³-hybridized carbons (Fsp3) is 0.857. The number of carboxylic acid groups (broad SMARTS) is 1. The SMILES string of the molecule is CC1(NC(=O)N2CCCC2(C)C(=O)O)CCCCC1. The molecule has 0 aromatic rings. The number of nitrogens with one attached hydrogen (secondary N) is 1. The molecule has 1 aliphatic heterocycles. The molecule has 1 atom stereocenters. The van der Waals surface area contributed by atoms with Gasteiger partial charge < -0.3 is 15.3 Å². The number of carbonyl (C=O) groups excluding carboxylic acids is 1. The van der Waals surface area contributed by atoms with Crippen LogP contribution in [0.15, 0.2) is 0 Å². The van der Waals surface area contributed by atoms with E-state index in [1.165, 1.54) is 11.3 Å². The van der Waals surface area contributed by atoms with Gasteiger partial charge in [0.25, 0.3) is 0 Å². The highest BCUT2D eigenvalue weighted by Gasteiger charge is 2.47. The second-order valence-corrected chi connectivity index (χ2v) is 6.39. The topological polar surface area (TPSA) is 69.6 Å². The van der Waals surface area contributed by atoms with Gasteiger partial charge in [-0.2, -0.15) is 0 Å². The largest absolute Gasteiger partial charge is 0.480 e. The maximum Gasteiger partial charge on any atom is 0.329 e. The highest BCUT2D eigenvalue weighted by atomic mass is 16.4. The van der Waals surface area contributed by atoms with Crippen LogP contribution in [0, 0.1) is 0 Å². The average Bonchev–Trinajstić information content (AvgIpc) is 2.73. The number of aliphatic carboxylic acids is 1. The van der Waals surface area contributed by atoms with E-state index in [1.807, 2.05) is 0 Å². The minimum atomic E-state index is -1.05. The summed E-state index contributed by atoms with van der Waals surface area (Å²) in [7, 11) is 0. The first-order chi connectivity index (χ1) is 8.87. The van der Waals surface area contributed by atoms with Crippen molar-refractivity contribution in [2.24, 2.45) is 0 Å². The lowest BCUT2D eigenvalue weighted by atomic mass is 9.83. The Morgan fingerprint density at radius 3 is 2.26 bits per heavy atom. The maximum atomic E-state index is 12.4. The van der Waals surface area contributed by atoms with E-state index in [4.69, 9.17) is 0 Å². The van der Waals surface area contributed by atoms with E-state index < -0.39 is 11.5 Å². The van der Waals surface area contributed by atoms with Gasteiger partial charge in [0.2, 0.25) is 0 Å². The Balaban J connectivity index is 2.05. The zero-order valence-electron chi connectivity index (χ0n) is 11.9. The summed E-state index contributed by atoms with van der Waals surface area (Å²) in [6, 6.07) is -0.216. The molecule has 1 heterocycles. The van der Waals surface area contributed by atoms with Crippen LogP contribution < -0.4 is 5.32 Å². The van der Waals surface area contributed by atoms with E-state index in [0.29, 0.717) is 13.0 Å². The van der Waals surface area contributed by atoms with Gasteiger partial charge in [-0.1, -0.05) is 19.3 Å². The summed E-state index contributed by atoms with van der Waals surface area (Å²) in [6.45, 7) is 4.24. The van der Waals surface area contributed by atoms with E-state index in [0.717, 1.165) is 32.1 Å².